The number of halogens is 1. The summed E-state index contributed by atoms with van der Waals surface area (Å²) in [6.45, 7) is -0.0402. The highest BCUT2D eigenvalue weighted by molar-refractivity contribution is 7.99. The summed E-state index contributed by atoms with van der Waals surface area (Å²) in [5, 5.41) is 3.55. The fourth-order valence-corrected chi connectivity index (χ4v) is 5.03. The van der Waals surface area contributed by atoms with Gasteiger partial charge in [0, 0.05) is 21.7 Å². The predicted octanol–water partition coefficient (Wildman–Crippen LogP) is 5.02. The van der Waals surface area contributed by atoms with Gasteiger partial charge in [0.1, 0.15) is 18.1 Å². The molecule has 1 heterocycles. The Kier molecular flexibility index (Phi) is 6.55. The number of aromatic nitrogens is 2. The van der Waals surface area contributed by atoms with Crippen molar-refractivity contribution in [3.8, 4) is 0 Å². The largest absolute Gasteiger partial charge is 0.325 e. The van der Waals surface area contributed by atoms with Gasteiger partial charge in [0.25, 0.3) is 0 Å². The molecule has 3 aromatic carbocycles. The number of amides is 1. The number of para-hydroxylation sites is 2. The van der Waals surface area contributed by atoms with E-state index in [9.17, 15) is 13.2 Å². The molecule has 0 spiro atoms. The number of carbonyl (C=O) groups is 1. The van der Waals surface area contributed by atoms with Gasteiger partial charge < -0.3 is 9.88 Å². The smallest absolute Gasteiger partial charge is 0.244 e. The van der Waals surface area contributed by atoms with Gasteiger partial charge in [-0.05, 0) is 48.5 Å². The first-order valence-electron chi connectivity index (χ1n) is 9.73. The summed E-state index contributed by atoms with van der Waals surface area (Å²) in [4.78, 5) is 19.1. The van der Waals surface area contributed by atoms with E-state index >= 15 is 0 Å². The summed E-state index contributed by atoms with van der Waals surface area (Å²) in [6, 6.07) is 22.3. The van der Waals surface area contributed by atoms with Crippen LogP contribution >= 0.6 is 23.4 Å². The third-order valence-electron chi connectivity index (χ3n) is 4.63. The number of imidazole rings is 1. The Hall–Kier alpha value is -2.81. The maximum absolute atomic E-state index is 12.7. The Bertz CT molecular complexity index is 1380. The molecule has 9 heteroatoms. The van der Waals surface area contributed by atoms with Crippen molar-refractivity contribution >= 4 is 55.8 Å². The number of fused-ring (bicyclic) bond motifs is 1. The lowest BCUT2D eigenvalue weighted by molar-refractivity contribution is -0.116. The number of rotatable bonds is 7. The van der Waals surface area contributed by atoms with E-state index in [1.807, 2.05) is 66.7 Å². The molecule has 164 valence electrons. The third-order valence-corrected chi connectivity index (χ3v) is 6.94. The SMILES string of the molecule is CS(=O)(=O)Cc1nc2ccccc2n1CC(=O)Nc1ccc(Sc2ccccc2Cl)cc1. The first kappa shape index (κ1) is 22.4. The van der Waals surface area contributed by atoms with Gasteiger partial charge in [-0.25, -0.2) is 13.4 Å². The second-order valence-electron chi connectivity index (χ2n) is 7.28. The van der Waals surface area contributed by atoms with Crippen LogP contribution in [-0.4, -0.2) is 30.1 Å². The predicted molar refractivity (Wildman–Crippen MR) is 129 cm³/mol. The Morgan fingerprint density at radius 3 is 2.44 bits per heavy atom. The van der Waals surface area contributed by atoms with Crippen LogP contribution in [-0.2, 0) is 26.9 Å². The monoisotopic (exact) mass is 485 g/mol. The normalized spacial score (nSPS) is 11.6. The van der Waals surface area contributed by atoms with Crippen molar-refractivity contribution in [1.82, 2.24) is 9.55 Å². The van der Waals surface area contributed by atoms with Crippen molar-refractivity contribution in [2.45, 2.75) is 22.1 Å². The first-order chi connectivity index (χ1) is 15.3. The molecule has 0 fully saturated rings. The Balaban J connectivity index is 1.49. The van der Waals surface area contributed by atoms with Crippen LogP contribution in [0.2, 0.25) is 5.02 Å². The third kappa shape index (κ3) is 5.51. The van der Waals surface area contributed by atoms with Crippen molar-refractivity contribution in [2.75, 3.05) is 11.6 Å². The fourth-order valence-electron chi connectivity index (χ4n) is 3.25. The van der Waals surface area contributed by atoms with Crippen molar-refractivity contribution < 1.29 is 13.2 Å². The quantitative estimate of drug-likeness (QED) is 0.397. The molecule has 1 N–H and O–H groups in total. The van der Waals surface area contributed by atoms with Gasteiger partial charge in [-0.3, -0.25) is 4.79 Å². The molecule has 1 aromatic heterocycles. The number of benzene rings is 3. The molecule has 0 unspecified atom stereocenters. The van der Waals surface area contributed by atoms with Crippen molar-refractivity contribution in [2.24, 2.45) is 0 Å². The van der Waals surface area contributed by atoms with E-state index in [1.165, 1.54) is 0 Å². The zero-order valence-corrected chi connectivity index (χ0v) is 19.5. The number of carbonyl (C=O) groups excluding carboxylic acids is 1. The van der Waals surface area contributed by atoms with Gasteiger partial charge in [0.2, 0.25) is 5.91 Å². The molecule has 32 heavy (non-hydrogen) atoms. The molecule has 6 nitrogen and oxygen atoms in total. The van der Waals surface area contributed by atoms with Crippen molar-refractivity contribution in [3.05, 3.63) is 83.6 Å². The Labute approximate surface area is 195 Å². The van der Waals surface area contributed by atoms with E-state index < -0.39 is 9.84 Å². The fraction of sp³-hybridized carbons (Fsp3) is 0.130. The molecule has 4 rings (SSSR count). The highest BCUT2D eigenvalue weighted by Crippen LogP contribution is 2.33. The van der Waals surface area contributed by atoms with Crippen molar-refractivity contribution in [1.29, 1.82) is 0 Å². The lowest BCUT2D eigenvalue weighted by Crippen LogP contribution is -2.21. The number of nitrogens with zero attached hydrogens (tertiary/aromatic N) is 2. The molecule has 0 atom stereocenters. The minimum absolute atomic E-state index is 0.0402. The minimum Gasteiger partial charge on any atom is -0.325 e. The van der Waals surface area contributed by atoms with E-state index in [1.54, 1.807) is 22.4 Å². The van der Waals surface area contributed by atoms with Crippen LogP contribution in [0.15, 0.2) is 82.6 Å². The van der Waals surface area contributed by atoms with Crippen LogP contribution < -0.4 is 5.32 Å². The summed E-state index contributed by atoms with van der Waals surface area (Å²) in [5.74, 6) is -0.159. The number of hydrogen-bond donors (Lipinski definition) is 1. The van der Waals surface area contributed by atoms with Gasteiger partial charge in [-0.15, -0.1) is 0 Å². The number of nitrogens with one attached hydrogen (secondary N) is 1. The minimum atomic E-state index is -3.30. The van der Waals surface area contributed by atoms with Gasteiger partial charge in [-0.1, -0.05) is 47.6 Å². The first-order valence-corrected chi connectivity index (χ1v) is 13.0. The van der Waals surface area contributed by atoms with E-state index in [4.69, 9.17) is 11.6 Å². The van der Waals surface area contributed by atoms with Crippen LogP contribution in [0.25, 0.3) is 11.0 Å². The van der Waals surface area contributed by atoms with Crippen LogP contribution in [0.4, 0.5) is 5.69 Å². The van der Waals surface area contributed by atoms with E-state index in [0.29, 0.717) is 27.6 Å². The summed E-state index contributed by atoms with van der Waals surface area (Å²) >= 11 is 7.75. The zero-order chi connectivity index (χ0) is 22.7. The highest BCUT2D eigenvalue weighted by Gasteiger charge is 2.17. The molecule has 0 saturated carbocycles. The summed E-state index contributed by atoms with van der Waals surface area (Å²) in [7, 11) is -3.30. The Morgan fingerprint density at radius 1 is 1.03 bits per heavy atom. The van der Waals surface area contributed by atoms with Crippen LogP contribution in [0.5, 0.6) is 0 Å². The zero-order valence-electron chi connectivity index (χ0n) is 17.2. The van der Waals surface area contributed by atoms with Gasteiger partial charge in [0.15, 0.2) is 9.84 Å². The Morgan fingerprint density at radius 2 is 1.72 bits per heavy atom. The summed E-state index contributed by atoms with van der Waals surface area (Å²) in [5.41, 5.74) is 2.01. The number of hydrogen-bond acceptors (Lipinski definition) is 5. The molecule has 0 saturated heterocycles. The second-order valence-corrected chi connectivity index (χ2v) is 10.9. The van der Waals surface area contributed by atoms with Gasteiger partial charge in [0.05, 0.1) is 16.1 Å². The van der Waals surface area contributed by atoms with Crippen LogP contribution in [0.1, 0.15) is 5.82 Å². The number of anilines is 1. The molecular weight excluding hydrogens is 466 g/mol. The topological polar surface area (TPSA) is 81.1 Å². The summed E-state index contributed by atoms with van der Waals surface area (Å²) in [6.07, 6.45) is 1.15. The van der Waals surface area contributed by atoms with E-state index in [2.05, 4.69) is 10.3 Å². The van der Waals surface area contributed by atoms with E-state index in [-0.39, 0.29) is 18.2 Å². The van der Waals surface area contributed by atoms with Crippen LogP contribution in [0, 0.1) is 0 Å². The second kappa shape index (κ2) is 9.36. The molecule has 0 radical (unpaired) electrons. The lowest BCUT2D eigenvalue weighted by atomic mass is 10.3. The maximum atomic E-state index is 12.7. The molecule has 4 aromatic rings. The standard InChI is InChI=1S/C23H20ClN3O3S2/c1-32(29,30)15-22-26-19-7-3-4-8-20(19)27(22)14-23(28)25-16-10-12-17(13-11-16)31-21-9-5-2-6-18(21)24/h2-13H,14-15H2,1H3,(H,25,28). The molecule has 0 bridgehead atoms. The van der Waals surface area contributed by atoms with Crippen LogP contribution in [0.3, 0.4) is 0 Å². The maximum Gasteiger partial charge on any atom is 0.244 e. The summed E-state index contributed by atoms with van der Waals surface area (Å²) < 4.78 is 25.3. The van der Waals surface area contributed by atoms with Crippen molar-refractivity contribution in [3.63, 3.8) is 0 Å². The average Bonchev–Trinajstić information content (AvgIpc) is 3.06. The van der Waals surface area contributed by atoms with Gasteiger partial charge >= 0.3 is 0 Å². The molecule has 0 aliphatic rings. The lowest BCUT2D eigenvalue weighted by Gasteiger charge is -2.10. The molecule has 1 amide bonds. The number of sulfone groups is 1. The van der Waals surface area contributed by atoms with E-state index in [0.717, 1.165) is 16.0 Å². The molecule has 0 aliphatic heterocycles. The highest BCUT2D eigenvalue weighted by atomic mass is 35.5. The van der Waals surface area contributed by atoms with Gasteiger partial charge in [-0.2, -0.15) is 0 Å². The average molecular weight is 486 g/mol. The molecular formula is C23H20ClN3O3S2. The molecule has 0 aliphatic carbocycles.